The van der Waals surface area contributed by atoms with Gasteiger partial charge in [0, 0.05) is 32.5 Å². The van der Waals surface area contributed by atoms with E-state index in [0.29, 0.717) is 18.3 Å². The van der Waals surface area contributed by atoms with Crippen molar-refractivity contribution in [3.05, 3.63) is 0 Å². The molecule has 1 heterocycles. The summed E-state index contributed by atoms with van der Waals surface area (Å²) in [5, 5.41) is 11.0. The first-order valence-corrected chi connectivity index (χ1v) is 17.3. The summed E-state index contributed by atoms with van der Waals surface area (Å²) < 4.78 is 35.0. The lowest BCUT2D eigenvalue weighted by atomic mass is 9.41. The number of fused-ring (bicyclic) bond motifs is 4. The summed E-state index contributed by atoms with van der Waals surface area (Å²) in [6.07, 6.45) is 6.28. The molecule has 45 heavy (non-hydrogen) atoms. The van der Waals surface area contributed by atoms with E-state index >= 15 is 0 Å². The van der Waals surface area contributed by atoms with Crippen LogP contribution in [-0.2, 0) is 38.0 Å². The molecular formula is C36H58O9. The Morgan fingerprint density at radius 1 is 1.04 bits per heavy atom. The number of carbonyl (C=O) groups excluding carboxylic acids is 2. The van der Waals surface area contributed by atoms with E-state index in [2.05, 4.69) is 34.6 Å². The summed E-state index contributed by atoms with van der Waals surface area (Å²) in [5.74, 6) is 0.909. The molecule has 2 unspecified atom stereocenters. The third-order valence-electron chi connectivity index (χ3n) is 14.6. The number of hydrogen-bond donors (Lipinski definition) is 1. The van der Waals surface area contributed by atoms with Crippen LogP contribution in [0.2, 0.25) is 0 Å². The number of carbonyl (C=O) groups is 2. The minimum absolute atomic E-state index is 0.0108. The zero-order chi connectivity index (χ0) is 33.0. The molecule has 0 aromatic heterocycles. The predicted octanol–water partition coefficient (Wildman–Crippen LogP) is 5.65. The second-order valence-electron chi connectivity index (χ2n) is 17.3. The highest BCUT2D eigenvalue weighted by atomic mass is 16.9. The molecule has 1 N–H and O–H groups in total. The lowest BCUT2D eigenvalue weighted by molar-refractivity contribution is -0.335. The standard InChI is InChI=1S/C36H58O9/c1-20-17-22(29(32(5,6)39)43-21(2)37)44-27-26(20)33(7)15-16-36-18-35(36)14-13-25(45-30(41-10)42-19-40-9)31(3,4)23(35)11-12-24(36)34(33,8)28(27)38/h20,22-27,29-30,39H,11-19H2,1-10H3/t20-,22-,23+,24+,25+,26+,27+,29?,30+,33-,34-,35-,36?/m1/s1. The van der Waals surface area contributed by atoms with Gasteiger partial charge in [-0.1, -0.05) is 34.6 Å². The van der Waals surface area contributed by atoms with Crippen molar-refractivity contribution < 1.29 is 43.1 Å². The predicted molar refractivity (Wildman–Crippen MR) is 166 cm³/mol. The Labute approximate surface area is 269 Å². The average molecular weight is 635 g/mol. The third-order valence-corrected chi connectivity index (χ3v) is 14.6. The van der Waals surface area contributed by atoms with Gasteiger partial charge < -0.3 is 33.5 Å². The molecule has 0 radical (unpaired) electrons. The van der Waals surface area contributed by atoms with E-state index in [0.717, 1.165) is 38.5 Å². The second-order valence-corrected chi connectivity index (χ2v) is 17.3. The minimum atomic E-state index is -1.29. The second kappa shape index (κ2) is 11.0. The summed E-state index contributed by atoms with van der Waals surface area (Å²) in [7, 11) is 3.19. The topological polar surface area (TPSA) is 110 Å². The van der Waals surface area contributed by atoms with Gasteiger partial charge in [0.1, 0.15) is 6.10 Å². The largest absolute Gasteiger partial charge is 0.457 e. The third kappa shape index (κ3) is 4.60. The Balaban J connectivity index is 1.27. The minimum Gasteiger partial charge on any atom is -0.457 e. The zero-order valence-electron chi connectivity index (χ0n) is 29.3. The Morgan fingerprint density at radius 2 is 1.71 bits per heavy atom. The molecule has 6 rings (SSSR count). The molecule has 9 heteroatoms. The van der Waals surface area contributed by atoms with Gasteiger partial charge in [0.25, 0.3) is 6.48 Å². The molecule has 9 nitrogen and oxygen atoms in total. The number of ether oxygens (including phenoxy) is 6. The fourth-order valence-electron chi connectivity index (χ4n) is 12.7. The van der Waals surface area contributed by atoms with E-state index in [1.807, 2.05) is 0 Å². The number of ketones is 1. The monoisotopic (exact) mass is 634 g/mol. The van der Waals surface area contributed by atoms with Crippen LogP contribution in [-0.4, -0.2) is 74.4 Å². The zero-order valence-corrected chi connectivity index (χ0v) is 29.3. The highest BCUT2D eigenvalue weighted by Gasteiger charge is 2.85. The molecule has 0 aromatic carbocycles. The summed E-state index contributed by atoms with van der Waals surface area (Å²) in [5.41, 5.74) is -1.62. The lowest BCUT2D eigenvalue weighted by Gasteiger charge is -2.62. The van der Waals surface area contributed by atoms with Gasteiger partial charge in [-0.2, -0.15) is 0 Å². The van der Waals surface area contributed by atoms with Crippen LogP contribution in [0.4, 0.5) is 0 Å². The molecule has 6 fully saturated rings. The quantitative estimate of drug-likeness (QED) is 0.254. The highest BCUT2D eigenvalue weighted by Crippen LogP contribution is 2.89. The maximum absolute atomic E-state index is 14.9. The van der Waals surface area contributed by atoms with Crippen molar-refractivity contribution in [2.75, 3.05) is 21.0 Å². The smallest absolute Gasteiger partial charge is 0.303 e. The van der Waals surface area contributed by atoms with Gasteiger partial charge in [-0.05, 0) is 105 Å². The van der Waals surface area contributed by atoms with Gasteiger partial charge >= 0.3 is 5.97 Å². The molecular weight excluding hydrogens is 576 g/mol. The first-order chi connectivity index (χ1) is 20.9. The van der Waals surface area contributed by atoms with Crippen molar-refractivity contribution in [3.8, 4) is 0 Å². The fourth-order valence-corrected chi connectivity index (χ4v) is 12.7. The number of aliphatic hydroxyl groups is 1. The van der Waals surface area contributed by atoms with Crippen molar-refractivity contribution in [2.24, 2.45) is 50.7 Å². The number of rotatable bonds is 9. The molecule has 0 aromatic rings. The first kappa shape index (κ1) is 33.8. The van der Waals surface area contributed by atoms with Crippen LogP contribution in [0, 0.1) is 50.7 Å². The van der Waals surface area contributed by atoms with Crippen molar-refractivity contribution in [2.45, 2.75) is 143 Å². The SMILES string of the molecule is COCO[C@H](OC)O[C@H]1CC[C@]23CC24CC[C@]2(C)[C@H]5[C@H](C)C[C@H](C(OC(C)=O)C(C)(C)O)O[C@@H]5C(=O)[C@@]2(C)[C@@H]4CC[C@H]3C1(C)C. The molecule has 1 saturated heterocycles. The molecule has 1 aliphatic heterocycles. The lowest BCUT2D eigenvalue weighted by Crippen LogP contribution is -2.59. The van der Waals surface area contributed by atoms with Crippen LogP contribution >= 0.6 is 0 Å². The van der Waals surface area contributed by atoms with E-state index in [1.54, 1.807) is 28.1 Å². The number of esters is 1. The van der Waals surface area contributed by atoms with Crippen LogP contribution in [0.5, 0.6) is 0 Å². The van der Waals surface area contributed by atoms with Crippen LogP contribution in [0.15, 0.2) is 0 Å². The normalized spacial score (nSPS) is 47.8. The summed E-state index contributed by atoms with van der Waals surface area (Å²) >= 11 is 0. The Hall–Kier alpha value is -1.10. The number of Topliss-reactive ketones (excluding diaryl/α,β-unsaturated/α-hetero) is 1. The number of methoxy groups -OCH3 is 2. The molecule has 6 aliphatic rings. The molecule has 0 bridgehead atoms. The summed E-state index contributed by atoms with van der Waals surface area (Å²) in [4.78, 5) is 27.0. The maximum atomic E-state index is 14.9. The highest BCUT2D eigenvalue weighted by molar-refractivity contribution is 5.93. The van der Waals surface area contributed by atoms with Gasteiger partial charge in [-0.25, -0.2) is 0 Å². The van der Waals surface area contributed by atoms with E-state index in [4.69, 9.17) is 28.4 Å². The van der Waals surface area contributed by atoms with Crippen LogP contribution < -0.4 is 0 Å². The van der Waals surface area contributed by atoms with Crippen LogP contribution in [0.25, 0.3) is 0 Å². The average Bonchev–Trinajstić information content (AvgIpc) is 3.59. The van der Waals surface area contributed by atoms with E-state index in [9.17, 15) is 14.7 Å². The van der Waals surface area contributed by atoms with Gasteiger partial charge in [0.2, 0.25) is 0 Å². The van der Waals surface area contributed by atoms with E-state index in [-0.39, 0.29) is 52.2 Å². The van der Waals surface area contributed by atoms with E-state index in [1.165, 1.54) is 13.3 Å². The Morgan fingerprint density at radius 3 is 2.33 bits per heavy atom. The molecule has 256 valence electrons. The first-order valence-electron chi connectivity index (χ1n) is 17.3. The van der Waals surface area contributed by atoms with Crippen LogP contribution in [0.1, 0.15) is 107 Å². The number of hydrogen-bond acceptors (Lipinski definition) is 9. The van der Waals surface area contributed by atoms with Gasteiger partial charge in [0.05, 0.1) is 17.8 Å². The molecule has 2 spiro atoms. The van der Waals surface area contributed by atoms with E-state index < -0.39 is 41.8 Å². The van der Waals surface area contributed by atoms with Crippen molar-refractivity contribution in [1.29, 1.82) is 0 Å². The maximum Gasteiger partial charge on any atom is 0.303 e. The summed E-state index contributed by atoms with van der Waals surface area (Å²) in [6, 6.07) is 0. The van der Waals surface area contributed by atoms with Gasteiger partial charge in [-0.3, -0.25) is 9.59 Å². The molecule has 5 aliphatic carbocycles. The van der Waals surface area contributed by atoms with Crippen LogP contribution in [0.3, 0.4) is 0 Å². The van der Waals surface area contributed by atoms with Gasteiger partial charge in [-0.15, -0.1) is 0 Å². The van der Waals surface area contributed by atoms with Crippen molar-refractivity contribution in [1.82, 2.24) is 0 Å². The Kier molecular flexibility index (Phi) is 8.23. The van der Waals surface area contributed by atoms with Gasteiger partial charge in [0.15, 0.2) is 18.7 Å². The molecule has 0 amide bonds. The Bertz CT molecular complexity index is 1180. The molecule has 13 atom stereocenters. The van der Waals surface area contributed by atoms with Crippen molar-refractivity contribution >= 4 is 11.8 Å². The fraction of sp³-hybridized carbons (Fsp3) is 0.944. The van der Waals surface area contributed by atoms with Crippen molar-refractivity contribution in [3.63, 3.8) is 0 Å². The summed E-state index contributed by atoms with van der Waals surface area (Å²) in [6.45, 7) is 15.6. The molecule has 5 saturated carbocycles.